The number of non-ortho nitro benzene ring substituents is 1. The van der Waals surface area contributed by atoms with Gasteiger partial charge < -0.3 is 15.0 Å². The van der Waals surface area contributed by atoms with Gasteiger partial charge >= 0.3 is 0 Å². The van der Waals surface area contributed by atoms with Gasteiger partial charge in [-0.1, -0.05) is 36.4 Å². The second-order valence-corrected chi connectivity index (χ2v) is 12.2. The van der Waals surface area contributed by atoms with Crippen molar-refractivity contribution in [2.24, 2.45) is 5.92 Å². The van der Waals surface area contributed by atoms with Gasteiger partial charge in [-0.3, -0.25) is 25.0 Å². The van der Waals surface area contributed by atoms with Gasteiger partial charge in [-0.25, -0.2) is 0 Å². The standard InChI is InChI=1S/C29H27ClN4O6S/c30-26-24(41-23-7-2-1-6-22(23)34(38)39)16-21-25(26)19-4-3-5-20(29(35)32-12-14-40-15-13-32)28(19)31-27(21)17-8-10-18(11-9-17)33(36)37/h1-11,21,24-27,31H,12-16H2/t21-,24-,25+,26-,27+/m1/s1. The topological polar surface area (TPSA) is 128 Å². The molecule has 2 heterocycles. The molecule has 3 aliphatic rings. The molecule has 1 saturated heterocycles. The van der Waals surface area contributed by atoms with Gasteiger partial charge in [-0.05, 0) is 35.6 Å². The predicted octanol–water partition coefficient (Wildman–Crippen LogP) is 6.01. The summed E-state index contributed by atoms with van der Waals surface area (Å²) in [7, 11) is 0. The number of hydrogen-bond donors (Lipinski definition) is 1. The van der Waals surface area contributed by atoms with Crippen molar-refractivity contribution in [1.29, 1.82) is 0 Å². The number of nitro benzene ring substituents is 2. The van der Waals surface area contributed by atoms with E-state index in [0.29, 0.717) is 43.2 Å². The molecule has 41 heavy (non-hydrogen) atoms. The van der Waals surface area contributed by atoms with Crippen LogP contribution in [0.3, 0.4) is 0 Å². The van der Waals surface area contributed by atoms with Crippen molar-refractivity contribution in [3.63, 3.8) is 0 Å². The number of ether oxygens (including phenoxy) is 1. The Morgan fingerprint density at radius 1 is 0.976 bits per heavy atom. The molecule has 0 unspecified atom stereocenters. The fraction of sp³-hybridized carbons (Fsp3) is 0.345. The molecule has 0 bridgehead atoms. The van der Waals surface area contributed by atoms with E-state index >= 15 is 0 Å². The van der Waals surface area contributed by atoms with Gasteiger partial charge in [0.15, 0.2) is 0 Å². The third-order valence-corrected chi connectivity index (χ3v) is 10.3. The Morgan fingerprint density at radius 3 is 2.41 bits per heavy atom. The number of halogens is 1. The summed E-state index contributed by atoms with van der Waals surface area (Å²) in [5.74, 6) is -0.250. The molecule has 1 N–H and O–H groups in total. The van der Waals surface area contributed by atoms with Crippen LogP contribution in [0.25, 0.3) is 0 Å². The number of benzene rings is 3. The van der Waals surface area contributed by atoms with Crippen LogP contribution >= 0.6 is 23.4 Å². The van der Waals surface area contributed by atoms with E-state index in [-0.39, 0.29) is 50.7 Å². The van der Waals surface area contributed by atoms with Crippen molar-refractivity contribution in [2.45, 2.75) is 33.9 Å². The van der Waals surface area contributed by atoms with Gasteiger partial charge in [0.25, 0.3) is 17.3 Å². The monoisotopic (exact) mass is 594 g/mol. The molecule has 212 valence electrons. The van der Waals surface area contributed by atoms with Gasteiger partial charge in [0.2, 0.25) is 0 Å². The number of fused-ring (bicyclic) bond motifs is 3. The number of nitrogens with zero attached hydrogens (tertiary/aromatic N) is 3. The third kappa shape index (κ3) is 5.13. The Morgan fingerprint density at radius 2 is 1.71 bits per heavy atom. The van der Waals surface area contributed by atoms with E-state index in [1.807, 2.05) is 18.2 Å². The van der Waals surface area contributed by atoms with Crippen molar-refractivity contribution < 1.29 is 19.4 Å². The first kappa shape index (κ1) is 27.5. The highest BCUT2D eigenvalue weighted by atomic mass is 35.5. The van der Waals surface area contributed by atoms with Gasteiger partial charge in [0.05, 0.1) is 50.6 Å². The predicted molar refractivity (Wildman–Crippen MR) is 156 cm³/mol. The average Bonchev–Trinajstić information content (AvgIpc) is 3.32. The molecule has 3 aromatic carbocycles. The maximum atomic E-state index is 13.7. The molecule has 0 radical (unpaired) electrons. The number of hydrogen-bond acceptors (Lipinski definition) is 8. The first-order valence-electron chi connectivity index (χ1n) is 13.4. The summed E-state index contributed by atoms with van der Waals surface area (Å²) in [6.07, 6.45) is 0.658. The van der Waals surface area contributed by atoms with E-state index in [9.17, 15) is 25.0 Å². The summed E-state index contributed by atoms with van der Waals surface area (Å²) < 4.78 is 5.43. The summed E-state index contributed by atoms with van der Waals surface area (Å²) in [5, 5.41) is 26.1. The largest absolute Gasteiger partial charge is 0.378 e. The normalized spacial score (nSPS) is 25.1. The minimum Gasteiger partial charge on any atom is -0.378 e. The molecule has 12 heteroatoms. The number of thioether (sulfide) groups is 1. The lowest BCUT2D eigenvalue weighted by Gasteiger charge is -2.39. The lowest BCUT2D eigenvalue weighted by atomic mass is 9.76. The third-order valence-electron chi connectivity index (χ3n) is 8.18. The van der Waals surface area contributed by atoms with Crippen LogP contribution in [0.2, 0.25) is 0 Å². The highest BCUT2D eigenvalue weighted by Gasteiger charge is 2.51. The van der Waals surface area contributed by atoms with Crippen LogP contribution in [0.5, 0.6) is 0 Å². The molecular formula is C29H27ClN4O6S. The second-order valence-electron chi connectivity index (χ2n) is 10.4. The Bertz CT molecular complexity index is 1500. The molecule has 1 amide bonds. The number of anilines is 1. The van der Waals surface area contributed by atoms with E-state index in [1.165, 1.54) is 30.0 Å². The molecule has 3 aromatic rings. The lowest BCUT2D eigenvalue weighted by molar-refractivity contribution is -0.387. The second kappa shape index (κ2) is 11.3. The van der Waals surface area contributed by atoms with Crippen LogP contribution < -0.4 is 5.32 Å². The van der Waals surface area contributed by atoms with Crippen molar-refractivity contribution in [3.8, 4) is 0 Å². The maximum Gasteiger partial charge on any atom is 0.282 e. The number of carbonyl (C=O) groups is 1. The lowest BCUT2D eigenvalue weighted by Crippen LogP contribution is -2.41. The Labute approximate surface area is 245 Å². The highest BCUT2D eigenvalue weighted by Crippen LogP contribution is 2.58. The first-order valence-corrected chi connectivity index (χ1v) is 14.7. The zero-order valence-electron chi connectivity index (χ0n) is 21.9. The fourth-order valence-corrected chi connectivity index (χ4v) is 8.21. The summed E-state index contributed by atoms with van der Waals surface area (Å²) >= 11 is 8.65. The van der Waals surface area contributed by atoms with Crippen LogP contribution in [-0.2, 0) is 4.74 Å². The molecule has 5 atom stereocenters. The summed E-state index contributed by atoms with van der Waals surface area (Å²) in [5.41, 5.74) is 3.10. The van der Waals surface area contributed by atoms with Gasteiger partial charge in [-0.2, -0.15) is 0 Å². The van der Waals surface area contributed by atoms with Gasteiger partial charge in [-0.15, -0.1) is 23.4 Å². The fourth-order valence-electron chi connectivity index (χ4n) is 6.26. The van der Waals surface area contributed by atoms with Crippen molar-refractivity contribution >= 4 is 46.3 Å². The zero-order chi connectivity index (χ0) is 28.7. The molecule has 10 nitrogen and oxygen atoms in total. The minimum absolute atomic E-state index is 0.00356. The first-order chi connectivity index (χ1) is 19.8. The molecule has 0 aromatic heterocycles. The smallest absolute Gasteiger partial charge is 0.282 e. The van der Waals surface area contributed by atoms with E-state index in [0.717, 1.165) is 16.8 Å². The molecule has 1 saturated carbocycles. The van der Waals surface area contributed by atoms with Crippen LogP contribution in [-0.4, -0.2) is 57.6 Å². The minimum atomic E-state index is -0.431. The van der Waals surface area contributed by atoms with Crippen LogP contribution in [0.1, 0.15) is 39.9 Å². The number of alkyl halides is 1. The number of carbonyl (C=O) groups excluding carboxylic acids is 1. The molecule has 6 rings (SSSR count). The number of nitrogens with one attached hydrogen (secondary N) is 1. The van der Waals surface area contributed by atoms with E-state index in [2.05, 4.69) is 5.32 Å². The number of nitro groups is 2. The molecule has 2 fully saturated rings. The maximum absolute atomic E-state index is 13.7. The Kier molecular flexibility index (Phi) is 7.58. The van der Waals surface area contributed by atoms with E-state index < -0.39 is 4.92 Å². The number of para-hydroxylation sites is 2. The van der Waals surface area contributed by atoms with Crippen molar-refractivity contribution in [3.05, 3.63) is 104 Å². The summed E-state index contributed by atoms with van der Waals surface area (Å²) in [4.78, 5) is 38.2. The van der Waals surface area contributed by atoms with E-state index in [4.69, 9.17) is 16.3 Å². The Balaban J connectivity index is 1.40. The average molecular weight is 595 g/mol. The molecule has 0 spiro atoms. The number of rotatable bonds is 6. The zero-order valence-corrected chi connectivity index (χ0v) is 23.4. The van der Waals surface area contributed by atoms with Gasteiger partial charge in [0.1, 0.15) is 0 Å². The van der Waals surface area contributed by atoms with E-state index in [1.54, 1.807) is 35.2 Å². The van der Waals surface area contributed by atoms with Crippen LogP contribution in [0, 0.1) is 26.1 Å². The van der Waals surface area contributed by atoms with Gasteiger partial charge in [0, 0.05) is 42.5 Å². The molecule has 1 aliphatic carbocycles. The molecular weight excluding hydrogens is 568 g/mol. The highest BCUT2D eigenvalue weighted by molar-refractivity contribution is 8.00. The summed E-state index contributed by atoms with van der Waals surface area (Å²) in [6, 6.07) is 18.5. The van der Waals surface area contributed by atoms with Crippen LogP contribution in [0.4, 0.5) is 17.1 Å². The van der Waals surface area contributed by atoms with Crippen molar-refractivity contribution in [1.82, 2.24) is 4.90 Å². The SMILES string of the molecule is O=C(c1cccc2c1N[C@@H](c1ccc([N+](=O)[O-])cc1)[C@@H]1C[C@@H](Sc3ccccc3[N+](=O)[O-])[C@@H](Cl)[C@@H]21)N1CCOCC1. The van der Waals surface area contributed by atoms with Crippen molar-refractivity contribution in [2.75, 3.05) is 31.6 Å². The quantitative estimate of drug-likeness (QED) is 0.209. The number of amides is 1. The number of morpholine rings is 1. The Hall–Kier alpha value is -3.67. The summed E-state index contributed by atoms with van der Waals surface area (Å²) in [6.45, 7) is 1.98. The van der Waals surface area contributed by atoms with Crippen LogP contribution in [0.15, 0.2) is 71.6 Å². The molecule has 2 aliphatic heterocycles.